The van der Waals surface area contributed by atoms with Crippen molar-refractivity contribution in [2.75, 3.05) is 44.4 Å². The number of carbonyl (C=O) groups excluding carboxylic acids is 1. The third-order valence-corrected chi connectivity index (χ3v) is 5.15. The fraction of sp³-hybridized carbons (Fsp3) is 0.350. The van der Waals surface area contributed by atoms with Gasteiger partial charge in [0.15, 0.2) is 17.3 Å². The molecule has 4 rings (SSSR count). The molecule has 0 amide bonds. The number of rotatable bonds is 6. The Hall–Kier alpha value is -3.13. The van der Waals surface area contributed by atoms with Gasteiger partial charge in [-0.1, -0.05) is 0 Å². The lowest BCUT2D eigenvalue weighted by Gasteiger charge is -2.36. The van der Waals surface area contributed by atoms with Gasteiger partial charge in [-0.2, -0.15) is 0 Å². The van der Waals surface area contributed by atoms with Crippen LogP contribution in [0.5, 0.6) is 11.5 Å². The highest BCUT2D eigenvalue weighted by molar-refractivity contribution is 5.96. The lowest BCUT2D eigenvalue weighted by atomic mass is 10.1. The average molecular weight is 383 g/mol. The number of nitrogens with zero attached hydrogens (tertiary/aromatic N) is 3. The first-order chi connectivity index (χ1) is 13.6. The summed E-state index contributed by atoms with van der Waals surface area (Å²) in [5, 5.41) is 10.8. The molecule has 2 aromatic rings. The molecule has 1 saturated heterocycles. The van der Waals surface area contributed by atoms with Crippen molar-refractivity contribution in [3.63, 3.8) is 0 Å². The Morgan fingerprint density at radius 1 is 1.00 bits per heavy atom. The molecule has 2 aliphatic heterocycles. The molecule has 0 radical (unpaired) electrons. The molecule has 2 heterocycles. The predicted molar refractivity (Wildman–Crippen MR) is 103 cm³/mol. The van der Waals surface area contributed by atoms with Gasteiger partial charge in [0.1, 0.15) is 0 Å². The second-order valence-corrected chi connectivity index (χ2v) is 6.84. The Labute approximate surface area is 162 Å². The minimum Gasteiger partial charge on any atom is -0.454 e. The second-order valence-electron chi connectivity index (χ2n) is 6.84. The number of carbonyl (C=O) groups is 1. The summed E-state index contributed by atoms with van der Waals surface area (Å²) in [5.41, 5.74) is 1.74. The smallest absolute Gasteiger partial charge is 0.269 e. The van der Waals surface area contributed by atoms with Crippen LogP contribution in [0.1, 0.15) is 16.8 Å². The van der Waals surface area contributed by atoms with Crippen LogP contribution in [0.15, 0.2) is 42.5 Å². The fourth-order valence-corrected chi connectivity index (χ4v) is 3.49. The number of ketones is 1. The van der Waals surface area contributed by atoms with E-state index < -0.39 is 4.92 Å². The Morgan fingerprint density at radius 3 is 2.43 bits per heavy atom. The van der Waals surface area contributed by atoms with Gasteiger partial charge in [0.2, 0.25) is 6.79 Å². The molecule has 0 spiro atoms. The van der Waals surface area contributed by atoms with Gasteiger partial charge in [-0.05, 0) is 30.3 Å². The maximum absolute atomic E-state index is 12.5. The molecule has 8 nitrogen and oxygen atoms in total. The number of piperazine rings is 1. The molecule has 146 valence electrons. The van der Waals surface area contributed by atoms with Crippen LogP contribution in [0.4, 0.5) is 11.4 Å². The van der Waals surface area contributed by atoms with Gasteiger partial charge < -0.3 is 14.4 Å². The van der Waals surface area contributed by atoms with E-state index in [1.165, 1.54) is 12.1 Å². The van der Waals surface area contributed by atoms with Crippen molar-refractivity contribution >= 4 is 17.2 Å². The number of hydrogen-bond donors (Lipinski definition) is 0. The maximum atomic E-state index is 12.5. The molecule has 0 unspecified atom stereocenters. The average Bonchev–Trinajstić information content (AvgIpc) is 3.20. The van der Waals surface area contributed by atoms with Crippen molar-refractivity contribution in [2.24, 2.45) is 0 Å². The van der Waals surface area contributed by atoms with Crippen LogP contribution >= 0.6 is 0 Å². The molecule has 2 aromatic carbocycles. The van der Waals surface area contributed by atoms with Crippen LogP contribution in [0.3, 0.4) is 0 Å². The highest BCUT2D eigenvalue weighted by Gasteiger charge is 2.20. The molecular weight excluding hydrogens is 362 g/mol. The Bertz CT molecular complexity index is 876. The van der Waals surface area contributed by atoms with Crippen LogP contribution in [-0.2, 0) is 0 Å². The number of Topliss-reactive ketones (excluding diaryl/α,β-unsaturated/α-hetero) is 1. The predicted octanol–water partition coefficient (Wildman–Crippen LogP) is 2.72. The lowest BCUT2D eigenvalue weighted by Crippen LogP contribution is -2.46. The van der Waals surface area contributed by atoms with Crippen molar-refractivity contribution in [2.45, 2.75) is 6.42 Å². The number of fused-ring (bicyclic) bond motifs is 1. The number of hydrogen-bond acceptors (Lipinski definition) is 7. The van der Waals surface area contributed by atoms with Crippen LogP contribution in [-0.4, -0.2) is 55.1 Å². The summed E-state index contributed by atoms with van der Waals surface area (Å²) in [6, 6.07) is 11.9. The largest absolute Gasteiger partial charge is 0.454 e. The third kappa shape index (κ3) is 3.91. The molecule has 2 aliphatic rings. The number of nitro benzene ring substituents is 1. The number of non-ortho nitro benzene ring substituents is 1. The number of nitro groups is 1. The summed E-state index contributed by atoms with van der Waals surface area (Å²) in [7, 11) is 0. The second kappa shape index (κ2) is 7.85. The third-order valence-electron chi connectivity index (χ3n) is 5.15. The van der Waals surface area contributed by atoms with E-state index in [9.17, 15) is 14.9 Å². The molecular formula is C20H21N3O5. The van der Waals surface area contributed by atoms with Crippen molar-refractivity contribution in [3.8, 4) is 11.5 Å². The first-order valence-electron chi connectivity index (χ1n) is 9.25. The van der Waals surface area contributed by atoms with E-state index in [4.69, 9.17) is 9.47 Å². The van der Waals surface area contributed by atoms with E-state index in [0.29, 0.717) is 30.0 Å². The maximum Gasteiger partial charge on any atom is 0.269 e. The van der Waals surface area contributed by atoms with Crippen LogP contribution in [0, 0.1) is 10.1 Å². The highest BCUT2D eigenvalue weighted by Crippen LogP contribution is 2.32. The van der Waals surface area contributed by atoms with E-state index in [1.54, 1.807) is 30.3 Å². The number of benzene rings is 2. The molecule has 28 heavy (non-hydrogen) atoms. The number of ether oxygens (including phenoxy) is 2. The molecule has 1 fully saturated rings. The highest BCUT2D eigenvalue weighted by atomic mass is 16.7. The minimum atomic E-state index is -0.390. The molecule has 0 atom stereocenters. The quantitative estimate of drug-likeness (QED) is 0.431. The zero-order chi connectivity index (χ0) is 19.5. The standard InChI is InChI=1S/C20H21N3O5/c24-18(15-1-6-19-20(13-15)28-14-27-19)7-8-21-9-11-22(12-10-21)16-2-4-17(5-3-16)23(25)26/h1-6,13H,7-12,14H2. The van der Waals surface area contributed by atoms with Gasteiger partial charge in [0.25, 0.3) is 5.69 Å². The van der Waals surface area contributed by atoms with Gasteiger partial charge in [-0.15, -0.1) is 0 Å². The van der Waals surface area contributed by atoms with E-state index in [2.05, 4.69) is 9.80 Å². The molecule has 0 saturated carbocycles. The SMILES string of the molecule is O=C(CCN1CCN(c2ccc([N+](=O)[O-])cc2)CC1)c1ccc2c(c1)OCO2. The normalized spacial score (nSPS) is 16.2. The summed E-state index contributed by atoms with van der Waals surface area (Å²) >= 11 is 0. The lowest BCUT2D eigenvalue weighted by molar-refractivity contribution is -0.384. The van der Waals surface area contributed by atoms with E-state index in [0.717, 1.165) is 31.9 Å². The van der Waals surface area contributed by atoms with Crippen molar-refractivity contribution < 1.29 is 19.2 Å². The molecule has 8 heteroatoms. The van der Waals surface area contributed by atoms with Gasteiger partial charge >= 0.3 is 0 Å². The van der Waals surface area contributed by atoms with Gasteiger partial charge in [-0.3, -0.25) is 19.8 Å². The minimum absolute atomic E-state index is 0.0936. The van der Waals surface area contributed by atoms with Crippen molar-refractivity contribution in [1.29, 1.82) is 0 Å². The Morgan fingerprint density at radius 2 is 1.71 bits per heavy atom. The summed E-state index contributed by atoms with van der Waals surface area (Å²) in [6.45, 7) is 4.27. The summed E-state index contributed by atoms with van der Waals surface area (Å²) in [4.78, 5) is 27.3. The zero-order valence-corrected chi connectivity index (χ0v) is 15.4. The van der Waals surface area contributed by atoms with Gasteiger partial charge in [0, 0.05) is 62.5 Å². The molecule has 0 bridgehead atoms. The van der Waals surface area contributed by atoms with E-state index in [1.807, 2.05) is 0 Å². The van der Waals surface area contributed by atoms with Crippen molar-refractivity contribution in [1.82, 2.24) is 4.90 Å². The summed E-state index contributed by atoms with van der Waals surface area (Å²) < 4.78 is 10.6. The van der Waals surface area contributed by atoms with E-state index >= 15 is 0 Å². The number of anilines is 1. The van der Waals surface area contributed by atoms with Crippen LogP contribution in [0.25, 0.3) is 0 Å². The molecule has 0 N–H and O–H groups in total. The Kier molecular flexibility index (Phi) is 5.12. The van der Waals surface area contributed by atoms with E-state index in [-0.39, 0.29) is 18.3 Å². The monoisotopic (exact) mass is 383 g/mol. The van der Waals surface area contributed by atoms with Crippen molar-refractivity contribution in [3.05, 3.63) is 58.1 Å². The fourth-order valence-electron chi connectivity index (χ4n) is 3.49. The van der Waals surface area contributed by atoms with Crippen LogP contribution in [0.2, 0.25) is 0 Å². The van der Waals surface area contributed by atoms with Crippen LogP contribution < -0.4 is 14.4 Å². The molecule has 0 aromatic heterocycles. The van der Waals surface area contributed by atoms with Gasteiger partial charge in [0.05, 0.1) is 4.92 Å². The zero-order valence-electron chi connectivity index (χ0n) is 15.4. The topological polar surface area (TPSA) is 85.2 Å². The summed E-state index contributed by atoms with van der Waals surface area (Å²) in [6.07, 6.45) is 0.456. The Balaban J connectivity index is 1.26. The summed E-state index contributed by atoms with van der Waals surface area (Å²) in [5.74, 6) is 1.40. The first kappa shape index (κ1) is 18.2. The van der Waals surface area contributed by atoms with Gasteiger partial charge in [-0.25, -0.2) is 0 Å². The first-order valence-corrected chi connectivity index (χ1v) is 9.25. The molecule has 0 aliphatic carbocycles.